The summed E-state index contributed by atoms with van der Waals surface area (Å²) in [7, 11) is 0. The summed E-state index contributed by atoms with van der Waals surface area (Å²) in [6.07, 6.45) is 3.55. The number of anilines is 1. The van der Waals surface area contributed by atoms with Crippen LogP contribution in [0.3, 0.4) is 0 Å². The lowest BCUT2D eigenvalue weighted by Gasteiger charge is -2.11. The Balaban J connectivity index is 1.81. The van der Waals surface area contributed by atoms with E-state index in [1.807, 2.05) is 12.1 Å². The molecule has 2 aromatic heterocycles. The van der Waals surface area contributed by atoms with Crippen LogP contribution in [0.2, 0.25) is 5.15 Å². The molecule has 4 nitrogen and oxygen atoms in total. The van der Waals surface area contributed by atoms with E-state index in [9.17, 15) is 0 Å². The highest BCUT2D eigenvalue weighted by atomic mass is 35.5. The highest BCUT2D eigenvalue weighted by Gasteiger charge is 2.09. The molecule has 1 unspecified atom stereocenters. The van der Waals surface area contributed by atoms with Crippen molar-refractivity contribution in [2.75, 3.05) is 5.32 Å². The van der Waals surface area contributed by atoms with Crippen molar-refractivity contribution >= 4 is 29.1 Å². The van der Waals surface area contributed by atoms with Gasteiger partial charge in [0.15, 0.2) is 11.0 Å². The average Bonchev–Trinajstić information content (AvgIpc) is 2.88. The highest BCUT2D eigenvalue weighted by Crippen LogP contribution is 2.19. The van der Waals surface area contributed by atoms with E-state index in [4.69, 9.17) is 16.0 Å². The number of nitrogens with zero attached hydrogens (tertiary/aromatic N) is 2. The normalized spacial score (nSPS) is 12.6. The predicted octanol–water partition coefficient (Wildman–Crippen LogP) is 3.22. The number of aryl methyl sites for hydroxylation is 1. The van der Waals surface area contributed by atoms with Gasteiger partial charge in [0, 0.05) is 12.5 Å². The molecule has 0 aliphatic rings. The van der Waals surface area contributed by atoms with Crippen LogP contribution in [0.25, 0.3) is 0 Å². The molecule has 0 radical (unpaired) electrons. The minimum Gasteiger partial charge on any atom is -0.469 e. The zero-order chi connectivity index (χ0) is 11.4. The molecule has 0 aromatic carbocycles. The van der Waals surface area contributed by atoms with E-state index in [1.54, 1.807) is 6.26 Å². The molecule has 0 saturated carbocycles. The molecule has 0 aliphatic carbocycles. The molecule has 2 rings (SSSR count). The fraction of sp³-hybridized carbons (Fsp3) is 0.400. The smallest absolute Gasteiger partial charge is 0.186 e. The van der Waals surface area contributed by atoms with Crippen LogP contribution in [0.4, 0.5) is 5.82 Å². The van der Waals surface area contributed by atoms with Crippen LogP contribution in [-0.4, -0.2) is 14.8 Å². The number of halogens is 1. The zero-order valence-electron chi connectivity index (χ0n) is 8.81. The molecule has 0 fully saturated rings. The Hall–Kier alpha value is -1.07. The molecule has 16 heavy (non-hydrogen) atoms. The third-order valence-electron chi connectivity index (χ3n) is 2.24. The Bertz CT molecular complexity index is 429. The lowest BCUT2D eigenvalue weighted by atomic mass is 10.1. The quantitative estimate of drug-likeness (QED) is 0.894. The minimum atomic E-state index is 0.284. The molecule has 2 aromatic rings. The summed E-state index contributed by atoms with van der Waals surface area (Å²) in [5.74, 6) is 1.66. The number of furan rings is 1. The molecular weight excluding hydrogens is 246 g/mol. The molecule has 2 heterocycles. The van der Waals surface area contributed by atoms with E-state index < -0.39 is 0 Å². The van der Waals surface area contributed by atoms with Gasteiger partial charge in [-0.15, -0.1) is 0 Å². The van der Waals surface area contributed by atoms with E-state index in [1.165, 1.54) is 0 Å². The maximum atomic E-state index is 5.84. The van der Waals surface area contributed by atoms with E-state index in [0.29, 0.717) is 11.0 Å². The Morgan fingerprint density at radius 3 is 3.06 bits per heavy atom. The van der Waals surface area contributed by atoms with Crippen LogP contribution in [0.5, 0.6) is 0 Å². The van der Waals surface area contributed by atoms with Gasteiger partial charge in [0.2, 0.25) is 0 Å². The molecule has 0 amide bonds. The van der Waals surface area contributed by atoms with E-state index in [-0.39, 0.29) is 6.04 Å². The minimum absolute atomic E-state index is 0.284. The first kappa shape index (κ1) is 11.4. The summed E-state index contributed by atoms with van der Waals surface area (Å²) in [6, 6.07) is 4.16. The van der Waals surface area contributed by atoms with Crippen LogP contribution < -0.4 is 5.32 Å². The van der Waals surface area contributed by atoms with Gasteiger partial charge in [-0.25, -0.2) is 0 Å². The average molecular weight is 258 g/mol. The first-order valence-electron chi connectivity index (χ1n) is 5.02. The lowest BCUT2D eigenvalue weighted by molar-refractivity contribution is 0.495. The van der Waals surface area contributed by atoms with Gasteiger partial charge in [0.05, 0.1) is 18.0 Å². The number of hydrogen-bond donors (Lipinski definition) is 1. The van der Waals surface area contributed by atoms with Gasteiger partial charge in [0.1, 0.15) is 5.76 Å². The summed E-state index contributed by atoms with van der Waals surface area (Å²) < 4.78 is 13.2. The zero-order valence-corrected chi connectivity index (χ0v) is 10.4. The molecule has 86 valence electrons. The number of hydrogen-bond acceptors (Lipinski definition) is 5. The third-order valence-corrected chi connectivity index (χ3v) is 3.13. The molecular formula is C10H12ClN3OS. The van der Waals surface area contributed by atoms with Gasteiger partial charge in [-0.3, -0.25) is 0 Å². The van der Waals surface area contributed by atoms with Crippen molar-refractivity contribution in [1.29, 1.82) is 0 Å². The van der Waals surface area contributed by atoms with Crippen LogP contribution >= 0.6 is 23.3 Å². The standard InChI is InChI=1S/C10H12ClN3OS/c1-7(4-5-8-3-2-6-15-8)12-10-9(11)13-16-14-10/h2-3,6-7H,4-5H2,1H3,(H,12,14). The number of aromatic nitrogens is 2. The Kier molecular flexibility index (Phi) is 3.79. The summed E-state index contributed by atoms with van der Waals surface area (Å²) >= 11 is 6.95. The summed E-state index contributed by atoms with van der Waals surface area (Å²) in [5, 5.41) is 3.66. The topological polar surface area (TPSA) is 51.0 Å². The monoisotopic (exact) mass is 257 g/mol. The third kappa shape index (κ3) is 2.96. The molecule has 6 heteroatoms. The van der Waals surface area contributed by atoms with Crippen LogP contribution in [0.15, 0.2) is 22.8 Å². The van der Waals surface area contributed by atoms with E-state index >= 15 is 0 Å². The van der Waals surface area contributed by atoms with Crippen LogP contribution in [0.1, 0.15) is 19.1 Å². The van der Waals surface area contributed by atoms with Crippen molar-refractivity contribution < 1.29 is 4.42 Å². The van der Waals surface area contributed by atoms with E-state index in [2.05, 4.69) is 21.0 Å². The first-order chi connectivity index (χ1) is 7.75. The Morgan fingerprint density at radius 1 is 1.56 bits per heavy atom. The highest BCUT2D eigenvalue weighted by molar-refractivity contribution is 6.99. The maximum Gasteiger partial charge on any atom is 0.186 e. The van der Waals surface area contributed by atoms with Crippen molar-refractivity contribution in [3.8, 4) is 0 Å². The predicted molar refractivity (Wildman–Crippen MR) is 65.0 cm³/mol. The van der Waals surface area contributed by atoms with Crippen molar-refractivity contribution in [1.82, 2.24) is 8.75 Å². The Labute approximate surface area is 103 Å². The second-order valence-corrected chi connectivity index (χ2v) is 4.45. The fourth-order valence-electron chi connectivity index (χ4n) is 1.38. The summed E-state index contributed by atoms with van der Waals surface area (Å²) in [4.78, 5) is 0. The maximum absolute atomic E-state index is 5.84. The molecule has 1 N–H and O–H groups in total. The largest absolute Gasteiger partial charge is 0.469 e. The van der Waals surface area contributed by atoms with Gasteiger partial charge < -0.3 is 9.73 Å². The van der Waals surface area contributed by atoms with Gasteiger partial charge in [-0.1, -0.05) is 11.6 Å². The van der Waals surface area contributed by atoms with Gasteiger partial charge in [-0.05, 0) is 25.5 Å². The van der Waals surface area contributed by atoms with Crippen molar-refractivity contribution in [3.05, 3.63) is 29.3 Å². The van der Waals surface area contributed by atoms with Gasteiger partial charge >= 0.3 is 0 Å². The molecule has 0 bridgehead atoms. The summed E-state index contributed by atoms with van der Waals surface area (Å²) in [6.45, 7) is 2.08. The van der Waals surface area contributed by atoms with Gasteiger partial charge in [-0.2, -0.15) is 8.75 Å². The van der Waals surface area contributed by atoms with Crippen molar-refractivity contribution in [2.45, 2.75) is 25.8 Å². The first-order valence-corrected chi connectivity index (χ1v) is 6.13. The van der Waals surface area contributed by atoms with Crippen molar-refractivity contribution in [3.63, 3.8) is 0 Å². The van der Waals surface area contributed by atoms with Crippen LogP contribution in [0, 0.1) is 0 Å². The van der Waals surface area contributed by atoms with Crippen molar-refractivity contribution in [2.24, 2.45) is 0 Å². The number of nitrogens with one attached hydrogen (secondary N) is 1. The molecule has 0 spiro atoms. The van der Waals surface area contributed by atoms with Crippen LogP contribution in [-0.2, 0) is 6.42 Å². The second-order valence-electron chi connectivity index (χ2n) is 3.57. The second kappa shape index (κ2) is 5.32. The number of rotatable bonds is 5. The fourth-order valence-corrected chi connectivity index (χ4v) is 2.04. The summed E-state index contributed by atoms with van der Waals surface area (Å²) in [5.41, 5.74) is 0. The van der Waals surface area contributed by atoms with E-state index in [0.717, 1.165) is 30.3 Å². The lowest BCUT2D eigenvalue weighted by Crippen LogP contribution is -2.16. The molecule has 1 atom stereocenters. The van der Waals surface area contributed by atoms with Gasteiger partial charge in [0.25, 0.3) is 0 Å². The molecule has 0 saturated heterocycles. The SMILES string of the molecule is CC(CCc1ccco1)Nc1nsnc1Cl. The Morgan fingerprint density at radius 2 is 2.44 bits per heavy atom. The molecule has 0 aliphatic heterocycles.